The standard InChI is InChI=1S/C14H17BrFNO2/c1-3-7-17(10-14(18)19-4-2)9-11-5-6-12(15)8-13(11)16/h3,5-6,8H,1,4,7,9-10H2,2H3. The molecule has 0 radical (unpaired) electrons. The molecule has 0 unspecified atom stereocenters. The Balaban J connectivity index is 2.71. The van der Waals surface area contributed by atoms with Gasteiger partial charge in [0.2, 0.25) is 0 Å². The van der Waals surface area contributed by atoms with Gasteiger partial charge in [-0.05, 0) is 19.1 Å². The first-order valence-corrected chi connectivity index (χ1v) is 6.79. The molecule has 0 bridgehead atoms. The van der Waals surface area contributed by atoms with Crippen molar-refractivity contribution in [2.24, 2.45) is 0 Å². The summed E-state index contributed by atoms with van der Waals surface area (Å²) in [6.07, 6.45) is 1.68. The molecule has 0 N–H and O–H groups in total. The predicted octanol–water partition coefficient (Wildman–Crippen LogP) is 3.14. The third-order valence-corrected chi connectivity index (χ3v) is 2.95. The molecular formula is C14H17BrFNO2. The third kappa shape index (κ3) is 5.53. The van der Waals surface area contributed by atoms with E-state index < -0.39 is 0 Å². The SMILES string of the molecule is C=CCN(CC(=O)OCC)Cc1ccc(Br)cc1F. The van der Waals surface area contributed by atoms with Gasteiger partial charge in [-0.15, -0.1) is 6.58 Å². The Labute approximate surface area is 121 Å². The molecule has 3 nitrogen and oxygen atoms in total. The maximum Gasteiger partial charge on any atom is 0.320 e. The molecule has 0 amide bonds. The Morgan fingerprint density at radius 2 is 2.32 bits per heavy atom. The lowest BCUT2D eigenvalue weighted by Crippen LogP contribution is -2.31. The van der Waals surface area contributed by atoms with Crippen molar-refractivity contribution in [2.45, 2.75) is 13.5 Å². The van der Waals surface area contributed by atoms with Crippen LogP contribution in [0.25, 0.3) is 0 Å². The second kappa shape index (κ2) is 8.07. The zero-order valence-electron chi connectivity index (χ0n) is 10.9. The van der Waals surface area contributed by atoms with Crippen LogP contribution in [0, 0.1) is 5.82 Å². The lowest BCUT2D eigenvalue weighted by molar-refractivity contribution is -0.144. The fraction of sp³-hybridized carbons (Fsp3) is 0.357. The lowest BCUT2D eigenvalue weighted by atomic mass is 10.2. The van der Waals surface area contributed by atoms with Crippen LogP contribution in [0.4, 0.5) is 4.39 Å². The van der Waals surface area contributed by atoms with E-state index in [1.807, 2.05) is 0 Å². The average Bonchev–Trinajstić information content (AvgIpc) is 2.33. The zero-order valence-corrected chi connectivity index (χ0v) is 12.5. The van der Waals surface area contributed by atoms with Gasteiger partial charge >= 0.3 is 5.97 Å². The summed E-state index contributed by atoms with van der Waals surface area (Å²) >= 11 is 3.21. The van der Waals surface area contributed by atoms with Crippen LogP contribution in [0.1, 0.15) is 12.5 Å². The molecule has 0 aromatic heterocycles. The van der Waals surface area contributed by atoms with Gasteiger partial charge in [0.1, 0.15) is 5.82 Å². The van der Waals surface area contributed by atoms with Crippen molar-refractivity contribution >= 4 is 21.9 Å². The number of hydrogen-bond donors (Lipinski definition) is 0. The van der Waals surface area contributed by atoms with Crippen molar-refractivity contribution in [3.05, 3.63) is 46.7 Å². The summed E-state index contributed by atoms with van der Waals surface area (Å²) in [6.45, 7) is 6.68. The molecule has 0 aliphatic rings. The normalized spacial score (nSPS) is 10.5. The molecule has 0 saturated carbocycles. The summed E-state index contributed by atoms with van der Waals surface area (Å²) in [4.78, 5) is 13.2. The van der Waals surface area contributed by atoms with Gasteiger partial charge in [0, 0.05) is 23.1 Å². The molecule has 0 aliphatic heterocycles. The van der Waals surface area contributed by atoms with Crippen molar-refractivity contribution in [3.8, 4) is 0 Å². The zero-order chi connectivity index (χ0) is 14.3. The Bertz CT molecular complexity index is 451. The van der Waals surface area contributed by atoms with E-state index in [4.69, 9.17) is 4.74 Å². The van der Waals surface area contributed by atoms with E-state index in [0.29, 0.717) is 29.7 Å². The van der Waals surface area contributed by atoms with Gasteiger partial charge in [0.05, 0.1) is 13.2 Å². The predicted molar refractivity (Wildman–Crippen MR) is 76.2 cm³/mol. The van der Waals surface area contributed by atoms with E-state index in [9.17, 15) is 9.18 Å². The highest BCUT2D eigenvalue weighted by molar-refractivity contribution is 9.10. The maximum atomic E-state index is 13.7. The summed E-state index contributed by atoms with van der Waals surface area (Å²) in [5.74, 6) is -0.617. The van der Waals surface area contributed by atoms with E-state index in [2.05, 4.69) is 22.5 Å². The number of esters is 1. The number of hydrogen-bond acceptors (Lipinski definition) is 3. The number of halogens is 2. The minimum Gasteiger partial charge on any atom is -0.465 e. The van der Waals surface area contributed by atoms with E-state index in [0.717, 1.165) is 0 Å². The number of carbonyl (C=O) groups is 1. The molecule has 0 heterocycles. The Kier molecular flexibility index (Phi) is 6.73. The summed E-state index contributed by atoms with van der Waals surface area (Å²) in [6, 6.07) is 4.88. The van der Waals surface area contributed by atoms with Crippen molar-refractivity contribution in [3.63, 3.8) is 0 Å². The van der Waals surface area contributed by atoms with Crippen molar-refractivity contribution in [1.82, 2.24) is 4.90 Å². The third-order valence-electron chi connectivity index (χ3n) is 2.45. The first-order valence-electron chi connectivity index (χ1n) is 5.99. The number of rotatable bonds is 7. The topological polar surface area (TPSA) is 29.5 Å². The van der Waals surface area contributed by atoms with Gasteiger partial charge in [0.25, 0.3) is 0 Å². The minimum absolute atomic E-state index is 0.120. The molecule has 1 aromatic rings. The first kappa shape index (κ1) is 15.9. The van der Waals surface area contributed by atoms with Crippen LogP contribution in [-0.2, 0) is 16.1 Å². The summed E-state index contributed by atoms with van der Waals surface area (Å²) in [5.41, 5.74) is 0.536. The number of benzene rings is 1. The van der Waals surface area contributed by atoms with Crippen LogP contribution < -0.4 is 0 Å². The molecule has 0 aliphatic carbocycles. The quantitative estimate of drug-likeness (QED) is 0.568. The second-order valence-corrected chi connectivity index (χ2v) is 4.91. The second-order valence-electron chi connectivity index (χ2n) is 4.00. The summed E-state index contributed by atoms with van der Waals surface area (Å²) < 4.78 is 19.3. The molecule has 5 heteroatoms. The Hall–Kier alpha value is -1.20. The minimum atomic E-state index is -0.318. The Morgan fingerprint density at radius 3 is 2.89 bits per heavy atom. The van der Waals surface area contributed by atoms with Crippen LogP contribution in [0.5, 0.6) is 0 Å². The van der Waals surface area contributed by atoms with E-state index in [-0.39, 0.29) is 18.3 Å². The fourth-order valence-corrected chi connectivity index (χ4v) is 1.98. The first-order chi connectivity index (χ1) is 9.06. The summed E-state index contributed by atoms with van der Waals surface area (Å²) in [5, 5.41) is 0. The largest absolute Gasteiger partial charge is 0.465 e. The molecule has 104 valence electrons. The van der Waals surface area contributed by atoms with Gasteiger partial charge in [-0.2, -0.15) is 0 Å². The van der Waals surface area contributed by atoms with Crippen molar-refractivity contribution in [2.75, 3.05) is 19.7 Å². The van der Waals surface area contributed by atoms with Crippen molar-refractivity contribution in [1.29, 1.82) is 0 Å². The van der Waals surface area contributed by atoms with Gasteiger partial charge in [-0.1, -0.05) is 28.1 Å². The maximum absolute atomic E-state index is 13.7. The van der Waals surface area contributed by atoms with Gasteiger partial charge < -0.3 is 4.74 Å². The smallest absolute Gasteiger partial charge is 0.320 e. The average molecular weight is 330 g/mol. The molecule has 0 saturated heterocycles. The van der Waals surface area contributed by atoms with E-state index in [1.165, 1.54) is 6.07 Å². The highest BCUT2D eigenvalue weighted by Gasteiger charge is 2.13. The number of nitrogens with zero attached hydrogens (tertiary/aromatic N) is 1. The van der Waals surface area contributed by atoms with Crippen LogP contribution in [-0.4, -0.2) is 30.6 Å². The van der Waals surface area contributed by atoms with Crippen LogP contribution in [0.3, 0.4) is 0 Å². The van der Waals surface area contributed by atoms with Crippen LogP contribution >= 0.6 is 15.9 Å². The molecule has 19 heavy (non-hydrogen) atoms. The van der Waals surface area contributed by atoms with Gasteiger partial charge in [0.15, 0.2) is 0 Å². The lowest BCUT2D eigenvalue weighted by Gasteiger charge is -2.20. The molecule has 0 atom stereocenters. The molecule has 0 fully saturated rings. The van der Waals surface area contributed by atoms with Crippen LogP contribution in [0.2, 0.25) is 0 Å². The van der Waals surface area contributed by atoms with Crippen molar-refractivity contribution < 1.29 is 13.9 Å². The summed E-state index contributed by atoms with van der Waals surface area (Å²) in [7, 11) is 0. The van der Waals surface area contributed by atoms with Gasteiger partial charge in [-0.25, -0.2) is 4.39 Å². The number of carbonyl (C=O) groups excluding carboxylic acids is 1. The molecule has 1 aromatic carbocycles. The van der Waals surface area contributed by atoms with Gasteiger partial charge in [-0.3, -0.25) is 9.69 Å². The Morgan fingerprint density at radius 1 is 1.58 bits per heavy atom. The molecule has 1 rings (SSSR count). The monoisotopic (exact) mass is 329 g/mol. The number of ether oxygens (including phenoxy) is 1. The van der Waals surface area contributed by atoms with E-state index >= 15 is 0 Å². The molecule has 0 spiro atoms. The highest BCUT2D eigenvalue weighted by atomic mass is 79.9. The van der Waals surface area contributed by atoms with E-state index in [1.54, 1.807) is 30.0 Å². The highest BCUT2D eigenvalue weighted by Crippen LogP contribution is 2.16. The van der Waals surface area contributed by atoms with Crippen LogP contribution in [0.15, 0.2) is 35.3 Å². The fourth-order valence-electron chi connectivity index (χ4n) is 1.65. The molecular weight excluding hydrogens is 313 g/mol.